The fraction of sp³-hybridized carbons (Fsp3) is 1.00. The van der Waals surface area contributed by atoms with Crippen LogP contribution in [0.5, 0.6) is 0 Å². The molecule has 0 bridgehead atoms. The quantitative estimate of drug-likeness (QED) is 0.495. The van der Waals surface area contributed by atoms with E-state index in [1.165, 1.54) is 32.2 Å². The molecule has 0 aliphatic heterocycles. The molecule has 134 valence electrons. The summed E-state index contributed by atoms with van der Waals surface area (Å²) in [6, 6.07) is 1.26. The van der Waals surface area contributed by atoms with E-state index < -0.39 is 0 Å². The fourth-order valence-electron chi connectivity index (χ4n) is 3.25. The van der Waals surface area contributed by atoms with Crippen LogP contribution in [0.15, 0.2) is 0 Å². The van der Waals surface area contributed by atoms with Gasteiger partial charge in [-0.15, -0.1) is 0 Å². The first kappa shape index (κ1) is 21.9. The molecule has 2 heteroatoms. The van der Waals surface area contributed by atoms with Gasteiger partial charge in [0.25, 0.3) is 0 Å². The summed E-state index contributed by atoms with van der Waals surface area (Å²) in [5.41, 5.74) is 0. The van der Waals surface area contributed by atoms with Crippen LogP contribution in [0.2, 0.25) is 0 Å². The first-order valence-electron chi connectivity index (χ1n) is 9.67. The van der Waals surface area contributed by atoms with E-state index in [4.69, 9.17) is 0 Å². The molecule has 2 N–H and O–H groups in total. The van der Waals surface area contributed by atoms with Gasteiger partial charge in [-0.25, -0.2) is 0 Å². The van der Waals surface area contributed by atoms with Gasteiger partial charge in [-0.05, 0) is 69.4 Å². The molecule has 0 aliphatic carbocycles. The third-order valence-corrected chi connectivity index (χ3v) is 4.46. The van der Waals surface area contributed by atoms with Gasteiger partial charge in [0.15, 0.2) is 0 Å². The van der Waals surface area contributed by atoms with Crippen LogP contribution in [0.4, 0.5) is 0 Å². The van der Waals surface area contributed by atoms with Crippen LogP contribution in [0, 0.1) is 23.7 Å². The minimum atomic E-state index is 0.606. The van der Waals surface area contributed by atoms with Crippen molar-refractivity contribution in [3.8, 4) is 0 Å². The maximum atomic E-state index is 3.72. The van der Waals surface area contributed by atoms with Crippen LogP contribution in [-0.2, 0) is 0 Å². The van der Waals surface area contributed by atoms with Gasteiger partial charge in [-0.1, -0.05) is 48.5 Å². The highest BCUT2D eigenvalue weighted by molar-refractivity contribution is 4.69. The van der Waals surface area contributed by atoms with Crippen LogP contribution < -0.4 is 10.6 Å². The van der Waals surface area contributed by atoms with Crippen molar-refractivity contribution >= 4 is 0 Å². The Morgan fingerprint density at radius 2 is 1.14 bits per heavy atom. The summed E-state index contributed by atoms with van der Waals surface area (Å²) >= 11 is 0. The standard InChI is InChI=1S/C20H44N2/c1-15(2)11-18(6)14-22-20(8)10-9-17(5)12-19(7)13-21-16(3)4/h15-22H,9-14H2,1-8H3/t17?,18-,19?,20?/m0/s1. The lowest BCUT2D eigenvalue weighted by Crippen LogP contribution is -2.31. The Morgan fingerprint density at radius 3 is 1.68 bits per heavy atom. The summed E-state index contributed by atoms with van der Waals surface area (Å²) in [6.45, 7) is 20.9. The van der Waals surface area contributed by atoms with Gasteiger partial charge >= 0.3 is 0 Å². The van der Waals surface area contributed by atoms with E-state index in [9.17, 15) is 0 Å². The Balaban J connectivity index is 3.73. The normalized spacial score (nSPS) is 17.7. The average Bonchev–Trinajstić information content (AvgIpc) is 2.40. The van der Waals surface area contributed by atoms with Crippen LogP contribution in [-0.4, -0.2) is 25.2 Å². The molecule has 3 unspecified atom stereocenters. The Bertz CT molecular complexity index is 250. The van der Waals surface area contributed by atoms with Crippen molar-refractivity contribution in [1.82, 2.24) is 10.6 Å². The molecular formula is C20H44N2. The Morgan fingerprint density at radius 1 is 0.591 bits per heavy atom. The molecule has 0 aliphatic rings. The van der Waals surface area contributed by atoms with Gasteiger partial charge in [-0.3, -0.25) is 0 Å². The minimum absolute atomic E-state index is 0.606. The predicted molar refractivity (Wildman–Crippen MR) is 101 cm³/mol. The molecule has 2 nitrogen and oxygen atoms in total. The molecule has 0 aromatic heterocycles. The predicted octanol–water partition coefficient (Wildman–Crippen LogP) is 5.09. The Kier molecular flexibility index (Phi) is 12.3. The maximum absolute atomic E-state index is 3.72. The minimum Gasteiger partial charge on any atom is -0.314 e. The topological polar surface area (TPSA) is 24.1 Å². The van der Waals surface area contributed by atoms with Gasteiger partial charge in [0.2, 0.25) is 0 Å². The zero-order valence-corrected chi connectivity index (χ0v) is 16.7. The van der Waals surface area contributed by atoms with Gasteiger partial charge in [0.05, 0.1) is 0 Å². The zero-order chi connectivity index (χ0) is 17.1. The second-order valence-corrected chi connectivity index (χ2v) is 8.63. The summed E-state index contributed by atoms with van der Waals surface area (Å²) in [4.78, 5) is 0. The van der Waals surface area contributed by atoms with Crippen molar-refractivity contribution in [1.29, 1.82) is 0 Å². The third kappa shape index (κ3) is 13.6. The Labute approximate surface area is 141 Å². The third-order valence-electron chi connectivity index (χ3n) is 4.46. The van der Waals surface area contributed by atoms with Gasteiger partial charge < -0.3 is 10.6 Å². The van der Waals surface area contributed by atoms with Crippen LogP contribution in [0.25, 0.3) is 0 Å². The van der Waals surface area contributed by atoms with Crippen molar-refractivity contribution in [3.63, 3.8) is 0 Å². The monoisotopic (exact) mass is 312 g/mol. The molecular weight excluding hydrogens is 268 g/mol. The van der Waals surface area contributed by atoms with E-state index in [2.05, 4.69) is 66.0 Å². The molecule has 4 atom stereocenters. The first-order chi connectivity index (χ1) is 10.2. The lowest BCUT2D eigenvalue weighted by atomic mass is 9.92. The van der Waals surface area contributed by atoms with Crippen molar-refractivity contribution in [3.05, 3.63) is 0 Å². The average molecular weight is 313 g/mol. The maximum Gasteiger partial charge on any atom is 0.00389 e. The van der Waals surface area contributed by atoms with Gasteiger partial charge in [0.1, 0.15) is 0 Å². The van der Waals surface area contributed by atoms with E-state index in [1.54, 1.807) is 0 Å². The van der Waals surface area contributed by atoms with Crippen LogP contribution >= 0.6 is 0 Å². The van der Waals surface area contributed by atoms with Crippen molar-refractivity contribution in [2.75, 3.05) is 13.1 Å². The number of nitrogens with one attached hydrogen (secondary N) is 2. The van der Waals surface area contributed by atoms with E-state index >= 15 is 0 Å². The number of hydrogen-bond donors (Lipinski definition) is 2. The molecule has 0 rings (SSSR count). The van der Waals surface area contributed by atoms with Crippen molar-refractivity contribution in [2.45, 2.75) is 93.2 Å². The molecule has 0 amide bonds. The van der Waals surface area contributed by atoms with Gasteiger partial charge in [0, 0.05) is 12.1 Å². The highest BCUT2D eigenvalue weighted by atomic mass is 14.9. The largest absolute Gasteiger partial charge is 0.314 e. The smallest absolute Gasteiger partial charge is 0.00389 e. The summed E-state index contributed by atoms with van der Waals surface area (Å²) in [5, 5.41) is 7.28. The Hall–Kier alpha value is -0.0800. The molecule has 0 heterocycles. The zero-order valence-electron chi connectivity index (χ0n) is 16.7. The molecule has 0 saturated heterocycles. The highest BCUT2D eigenvalue weighted by Crippen LogP contribution is 2.18. The molecule has 0 aromatic carbocycles. The van der Waals surface area contributed by atoms with E-state index in [1.807, 2.05) is 0 Å². The summed E-state index contributed by atoms with van der Waals surface area (Å²) in [7, 11) is 0. The van der Waals surface area contributed by atoms with Crippen molar-refractivity contribution < 1.29 is 0 Å². The summed E-state index contributed by atoms with van der Waals surface area (Å²) < 4.78 is 0. The van der Waals surface area contributed by atoms with E-state index in [0.29, 0.717) is 12.1 Å². The molecule has 0 radical (unpaired) electrons. The summed E-state index contributed by atoms with van der Waals surface area (Å²) in [6.07, 6.45) is 5.32. The molecule has 0 saturated carbocycles. The molecule has 22 heavy (non-hydrogen) atoms. The van der Waals surface area contributed by atoms with Crippen molar-refractivity contribution in [2.24, 2.45) is 23.7 Å². The summed E-state index contributed by atoms with van der Waals surface area (Å²) in [5.74, 6) is 3.23. The first-order valence-corrected chi connectivity index (χ1v) is 9.67. The highest BCUT2D eigenvalue weighted by Gasteiger charge is 2.12. The lowest BCUT2D eigenvalue weighted by molar-refractivity contribution is 0.337. The van der Waals surface area contributed by atoms with Gasteiger partial charge in [-0.2, -0.15) is 0 Å². The second-order valence-electron chi connectivity index (χ2n) is 8.63. The number of hydrogen-bond acceptors (Lipinski definition) is 2. The van der Waals surface area contributed by atoms with Crippen LogP contribution in [0.3, 0.4) is 0 Å². The molecule has 0 aromatic rings. The molecule has 0 spiro atoms. The van der Waals surface area contributed by atoms with Crippen LogP contribution in [0.1, 0.15) is 81.1 Å². The lowest BCUT2D eigenvalue weighted by Gasteiger charge is -2.22. The second kappa shape index (κ2) is 12.4. The molecule has 0 fully saturated rings. The SMILES string of the molecule is CC(C)C[C@H](C)CNC(C)CCC(C)CC(C)CNC(C)C. The van der Waals surface area contributed by atoms with E-state index in [0.717, 1.165) is 30.2 Å². The van der Waals surface area contributed by atoms with E-state index in [-0.39, 0.29) is 0 Å². The fourth-order valence-corrected chi connectivity index (χ4v) is 3.25. The number of rotatable bonds is 13.